The maximum absolute atomic E-state index is 11.9. The van der Waals surface area contributed by atoms with Gasteiger partial charge in [-0.25, -0.2) is 0 Å². The average molecular weight is 254 g/mol. The molecule has 1 amide bonds. The Morgan fingerprint density at radius 3 is 2.29 bits per heavy atom. The van der Waals surface area contributed by atoms with E-state index >= 15 is 0 Å². The molecule has 3 heteroatoms. The van der Waals surface area contributed by atoms with E-state index in [0.29, 0.717) is 17.4 Å². The number of benzene rings is 1. The van der Waals surface area contributed by atoms with Gasteiger partial charge < -0.3 is 5.32 Å². The Labute approximate surface area is 108 Å². The zero-order valence-corrected chi connectivity index (χ0v) is 11.4. The van der Waals surface area contributed by atoms with Crippen molar-refractivity contribution in [2.75, 3.05) is 0 Å². The highest BCUT2D eigenvalue weighted by atomic mass is 35.5. The van der Waals surface area contributed by atoms with Crippen LogP contribution in [0.3, 0.4) is 0 Å². The van der Waals surface area contributed by atoms with Gasteiger partial charge in [-0.1, -0.05) is 26.0 Å². The predicted octanol–water partition coefficient (Wildman–Crippen LogP) is 3.59. The van der Waals surface area contributed by atoms with Gasteiger partial charge in [-0.2, -0.15) is 0 Å². The minimum absolute atomic E-state index is 0.0146. The van der Waals surface area contributed by atoms with E-state index in [1.165, 1.54) is 0 Å². The third kappa shape index (κ3) is 4.78. The molecule has 0 aromatic heterocycles. The van der Waals surface area contributed by atoms with E-state index in [4.69, 9.17) is 11.6 Å². The van der Waals surface area contributed by atoms with Gasteiger partial charge in [0.25, 0.3) is 5.91 Å². The first-order valence-electron chi connectivity index (χ1n) is 5.98. The summed E-state index contributed by atoms with van der Waals surface area (Å²) < 4.78 is 0. The van der Waals surface area contributed by atoms with Gasteiger partial charge in [0.15, 0.2) is 0 Å². The third-order valence-electron chi connectivity index (χ3n) is 2.57. The second-order valence-electron chi connectivity index (χ2n) is 4.83. The van der Waals surface area contributed by atoms with Crippen LogP contribution in [-0.2, 0) is 5.88 Å². The number of alkyl halides is 1. The van der Waals surface area contributed by atoms with Gasteiger partial charge in [-0.3, -0.25) is 4.79 Å². The summed E-state index contributed by atoms with van der Waals surface area (Å²) in [5.74, 6) is 1.05. The van der Waals surface area contributed by atoms with Crippen LogP contribution >= 0.6 is 11.6 Å². The Morgan fingerprint density at radius 2 is 1.82 bits per heavy atom. The maximum atomic E-state index is 11.9. The van der Waals surface area contributed by atoms with Crippen molar-refractivity contribution in [1.29, 1.82) is 0 Å². The lowest BCUT2D eigenvalue weighted by molar-refractivity contribution is 0.0936. The molecule has 1 rings (SSSR count). The quantitative estimate of drug-likeness (QED) is 0.799. The van der Waals surface area contributed by atoms with Crippen molar-refractivity contribution in [1.82, 2.24) is 5.32 Å². The molecule has 1 unspecified atom stereocenters. The normalized spacial score (nSPS) is 12.5. The van der Waals surface area contributed by atoms with Crippen molar-refractivity contribution in [3.63, 3.8) is 0 Å². The van der Waals surface area contributed by atoms with Crippen molar-refractivity contribution in [3.05, 3.63) is 35.4 Å². The molecule has 0 aliphatic rings. The van der Waals surface area contributed by atoms with Gasteiger partial charge in [-0.15, -0.1) is 11.6 Å². The smallest absolute Gasteiger partial charge is 0.251 e. The van der Waals surface area contributed by atoms with Gasteiger partial charge in [0.1, 0.15) is 0 Å². The Morgan fingerprint density at radius 1 is 1.24 bits per heavy atom. The molecule has 0 heterocycles. The Hall–Kier alpha value is -1.02. The van der Waals surface area contributed by atoms with Crippen LogP contribution in [0.1, 0.15) is 43.1 Å². The topological polar surface area (TPSA) is 29.1 Å². The van der Waals surface area contributed by atoms with Crippen LogP contribution in [-0.4, -0.2) is 11.9 Å². The van der Waals surface area contributed by atoms with E-state index in [1.807, 2.05) is 31.2 Å². The molecule has 2 nitrogen and oxygen atoms in total. The van der Waals surface area contributed by atoms with Crippen molar-refractivity contribution >= 4 is 17.5 Å². The highest BCUT2D eigenvalue weighted by Crippen LogP contribution is 2.08. The number of hydrogen-bond acceptors (Lipinski definition) is 1. The van der Waals surface area contributed by atoms with Gasteiger partial charge in [0, 0.05) is 17.5 Å². The molecule has 0 fully saturated rings. The molecule has 1 aromatic carbocycles. The first-order valence-corrected chi connectivity index (χ1v) is 6.52. The van der Waals surface area contributed by atoms with Crippen molar-refractivity contribution in [3.8, 4) is 0 Å². The molecule has 1 aromatic rings. The summed E-state index contributed by atoms with van der Waals surface area (Å²) in [7, 11) is 0. The lowest BCUT2D eigenvalue weighted by atomic mass is 10.0. The molecule has 0 aliphatic carbocycles. The van der Waals surface area contributed by atoms with Crippen LogP contribution < -0.4 is 5.32 Å². The Bertz CT molecular complexity index is 359. The minimum atomic E-state index is -0.0146. The van der Waals surface area contributed by atoms with Gasteiger partial charge >= 0.3 is 0 Å². The standard InChI is InChI=1S/C14H20ClNO/c1-10(2)8-11(3)16-14(17)13-6-4-12(9-15)5-7-13/h4-7,10-11H,8-9H2,1-3H3,(H,16,17). The van der Waals surface area contributed by atoms with Crippen LogP contribution in [0.4, 0.5) is 0 Å². The number of hydrogen-bond donors (Lipinski definition) is 1. The number of amides is 1. The summed E-state index contributed by atoms with van der Waals surface area (Å²) in [5, 5.41) is 2.99. The molecule has 0 saturated heterocycles. The number of nitrogens with one attached hydrogen (secondary N) is 1. The zero-order valence-electron chi connectivity index (χ0n) is 10.7. The van der Waals surface area contributed by atoms with E-state index < -0.39 is 0 Å². The second kappa shape index (κ2) is 6.65. The van der Waals surface area contributed by atoms with E-state index in [0.717, 1.165) is 12.0 Å². The summed E-state index contributed by atoms with van der Waals surface area (Å²) >= 11 is 5.70. The predicted molar refractivity (Wildman–Crippen MR) is 72.4 cm³/mol. The van der Waals surface area contributed by atoms with Crippen LogP contribution in [0.15, 0.2) is 24.3 Å². The molecule has 0 aliphatic heterocycles. The molecule has 1 atom stereocenters. The van der Waals surface area contributed by atoms with Crippen LogP contribution in [0, 0.1) is 5.92 Å². The molecule has 0 saturated carbocycles. The lowest BCUT2D eigenvalue weighted by Crippen LogP contribution is -2.33. The minimum Gasteiger partial charge on any atom is -0.350 e. The molecule has 1 N–H and O–H groups in total. The number of halogens is 1. The first kappa shape index (κ1) is 14.0. The van der Waals surface area contributed by atoms with Crippen molar-refractivity contribution in [2.24, 2.45) is 5.92 Å². The molecule has 0 bridgehead atoms. The molecule has 0 radical (unpaired) electrons. The van der Waals surface area contributed by atoms with Gasteiger partial charge in [0.2, 0.25) is 0 Å². The SMILES string of the molecule is CC(C)CC(C)NC(=O)c1ccc(CCl)cc1. The molecule has 94 valence electrons. The van der Waals surface area contributed by atoms with Crippen LogP contribution in [0.2, 0.25) is 0 Å². The largest absolute Gasteiger partial charge is 0.350 e. The van der Waals surface area contributed by atoms with Crippen molar-refractivity contribution < 1.29 is 4.79 Å². The summed E-state index contributed by atoms with van der Waals surface area (Å²) in [6.07, 6.45) is 0.992. The van der Waals surface area contributed by atoms with E-state index in [2.05, 4.69) is 19.2 Å². The fraction of sp³-hybridized carbons (Fsp3) is 0.500. The zero-order chi connectivity index (χ0) is 12.8. The summed E-state index contributed by atoms with van der Waals surface area (Å²) in [6, 6.07) is 7.60. The monoisotopic (exact) mass is 253 g/mol. The molecular formula is C14H20ClNO. The number of carbonyl (C=O) groups excluding carboxylic acids is 1. The fourth-order valence-corrected chi connectivity index (χ4v) is 2.00. The maximum Gasteiger partial charge on any atom is 0.251 e. The third-order valence-corrected chi connectivity index (χ3v) is 2.88. The summed E-state index contributed by atoms with van der Waals surface area (Å²) in [4.78, 5) is 11.9. The van der Waals surface area contributed by atoms with Crippen molar-refractivity contribution in [2.45, 2.75) is 39.1 Å². The van der Waals surface area contributed by atoms with E-state index in [9.17, 15) is 4.79 Å². The highest BCUT2D eigenvalue weighted by Gasteiger charge is 2.10. The first-order chi connectivity index (χ1) is 8.02. The Balaban J connectivity index is 2.57. The molecule has 0 spiro atoms. The van der Waals surface area contributed by atoms with Crippen LogP contribution in [0.5, 0.6) is 0 Å². The fourth-order valence-electron chi connectivity index (χ4n) is 1.82. The van der Waals surface area contributed by atoms with Gasteiger partial charge in [-0.05, 0) is 37.0 Å². The average Bonchev–Trinajstić information content (AvgIpc) is 2.28. The molecular weight excluding hydrogens is 234 g/mol. The lowest BCUT2D eigenvalue weighted by Gasteiger charge is -2.15. The summed E-state index contributed by atoms with van der Waals surface area (Å²) in [5.41, 5.74) is 1.72. The second-order valence-corrected chi connectivity index (χ2v) is 5.10. The highest BCUT2D eigenvalue weighted by molar-refractivity contribution is 6.17. The number of rotatable bonds is 5. The van der Waals surface area contributed by atoms with Crippen LogP contribution in [0.25, 0.3) is 0 Å². The summed E-state index contributed by atoms with van der Waals surface area (Å²) in [6.45, 7) is 6.33. The van der Waals surface area contributed by atoms with E-state index in [1.54, 1.807) is 0 Å². The van der Waals surface area contributed by atoms with E-state index in [-0.39, 0.29) is 11.9 Å². The Kier molecular flexibility index (Phi) is 5.49. The van der Waals surface area contributed by atoms with Gasteiger partial charge in [0.05, 0.1) is 0 Å². The molecule has 17 heavy (non-hydrogen) atoms. The number of carbonyl (C=O) groups is 1.